The van der Waals surface area contributed by atoms with E-state index in [0.717, 1.165) is 12.1 Å². The Morgan fingerprint density at radius 1 is 1.36 bits per heavy atom. The van der Waals surface area contributed by atoms with Crippen molar-refractivity contribution in [1.29, 1.82) is 0 Å². The molecule has 14 heavy (non-hydrogen) atoms. The van der Waals surface area contributed by atoms with Gasteiger partial charge in [0.2, 0.25) is 0 Å². The van der Waals surface area contributed by atoms with E-state index in [2.05, 4.69) is 37.3 Å². The van der Waals surface area contributed by atoms with Crippen LogP contribution in [0.15, 0.2) is 23.9 Å². The first kappa shape index (κ1) is 9.25. The Hall–Kier alpha value is -1.31. The van der Waals surface area contributed by atoms with E-state index in [1.54, 1.807) is 0 Å². The van der Waals surface area contributed by atoms with Crippen LogP contribution in [0, 0.1) is 6.92 Å². The fraction of sp³-hybridized carbons (Fsp3) is 0.417. The lowest BCUT2D eigenvalue weighted by Gasteiger charge is -2.09. The predicted octanol–water partition coefficient (Wildman–Crippen LogP) is 2.85. The van der Waals surface area contributed by atoms with Crippen molar-refractivity contribution in [3.05, 3.63) is 35.2 Å². The van der Waals surface area contributed by atoms with Crippen molar-refractivity contribution in [2.75, 3.05) is 0 Å². The zero-order valence-corrected chi connectivity index (χ0v) is 9.04. The van der Waals surface area contributed by atoms with Crippen molar-refractivity contribution in [2.24, 2.45) is 7.05 Å². The van der Waals surface area contributed by atoms with Crippen LogP contribution in [-0.2, 0) is 7.05 Å². The van der Waals surface area contributed by atoms with Gasteiger partial charge in [-0.15, -0.1) is 0 Å². The third-order valence-electron chi connectivity index (χ3n) is 2.63. The van der Waals surface area contributed by atoms with E-state index in [-0.39, 0.29) is 0 Å². The summed E-state index contributed by atoms with van der Waals surface area (Å²) in [6.45, 7) is 4.26. The monoisotopic (exact) mass is 188 g/mol. The van der Waals surface area contributed by atoms with Gasteiger partial charge in [-0.2, -0.15) is 5.10 Å². The van der Waals surface area contributed by atoms with Crippen LogP contribution < -0.4 is 0 Å². The summed E-state index contributed by atoms with van der Waals surface area (Å²) in [6, 6.07) is 0. The SMILES string of the molecule is CC1=CC(c2cn(C)nc2C)=CCC1. The molecule has 1 aromatic rings. The van der Waals surface area contributed by atoms with Gasteiger partial charge in [0.25, 0.3) is 0 Å². The molecule has 2 rings (SSSR count). The van der Waals surface area contributed by atoms with Crippen molar-refractivity contribution < 1.29 is 0 Å². The number of rotatable bonds is 1. The number of aryl methyl sites for hydroxylation is 2. The lowest BCUT2D eigenvalue weighted by molar-refractivity contribution is 0.756. The largest absolute Gasteiger partial charge is 0.275 e. The maximum absolute atomic E-state index is 4.36. The molecule has 0 amide bonds. The van der Waals surface area contributed by atoms with Gasteiger partial charge < -0.3 is 0 Å². The fourth-order valence-electron chi connectivity index (χ4n) is 1.92. The van der Waals surface area contributed by atoms with Crippen LogP contribution in [0.1, 0.15) is 31.0 Å². The number of aromatic nitrogens is 2. The maximum Gasteiger partial charge on any atom is 0.0671 e. The summed E-state index contributed by atoms with van der Waals surface area (Å²) in [6.07, 6.45) is 9.02. The average Bonchev–Trinajstić information content (AvgIpc) is 2.45. The number of hydrogen-bond donors (Lipinski definition) is 0. The van der Waals surface area contributed by atoms with Crippen molar-refractivity contribution in [2.45, 2.75) is 26.7 Å². The molecule has 0 spiro atoms. The molecular weight excluding hydrogens is 172 g/mol. The van der Waals surface area contributed by atoms with Gasteiger partial charge in [0.05, 0.1) is 5.69 Å². The van der Waals surface area contributed by atoms with Crippen LogP contribution in [-0.4, -0.2) is 9.78 Å². The molecule has 0 saturated carbocycles. The minimum absolute atomic E-state index is 1.12. The highest BCUT2D eigenvalue weighted by Gasteiger charge is 2.09. The normalized spacial score (nSPS) is 16.5. The first-order valence-electron chi connectivity index (χ1n) is 5.05. The Morgan fingerprint density at radius 2 is 2.14 bits per heavy atom. The molecule has 0 unspecified atom stereocenters. The molecule has 1 aliphatic rings. The molecule has 0 fully saturated rings. The van der Waals surface area contributed by atoms with Gasteiger partial charge in [0, 0.05) is 18.8 Å². The molecule has 2 nitrogen and oxygen atoms in total. The average molecular weight is 188 g/mol. The first-order valence-corrected chi connectivity index (χ1v) is 5.05. The molecular formula is C12H16N2. The Balaban J connectivity index is 2.40. The molecule has 1 aromatic heterocycles. The molecule has 0 saturated heterocycles. The Kier molecular flexibility index (Phi) is 2.28. The topological polar surface area (TPSA) is 17.8 Å². The Morgan fingerprint density at radius 3 is 2.71 bits per heavy atom. The van der Waals surface area contributed by atoms with Crippen LogP contribution >= 0.6 is 0 Å². The van der Waals surface area contributed by atoms with E-state index < -0.39 is 0 Å². The number of hydrogen-bond acceptors (Lipinski definition) is 1. The van der Waals surface area contributed by atoms with Gasteiger partial charge in [-0.25, -0.2) is 0 Å². The highest BCUT2D eigenvalue weighted by Crippen LogP contribution is 2.26. The van der Waals surface area contributed by atoms with Gasteiger partial charge in [-0.1, -0.05) is 17.7 Å². The molecule has 0 aliphatic heterocycles. The quantitative estimate of drug-likeness (QED) is 0.662. The summed E-state index contributed by atoms with van der Waals surface area (Å²) in [4.78, 5) is 0. The zero-order valence-electron chi connectivity index (χ0n) is 9.04. The van der Waals surface area contributed by atoms with Crippen LogP contribution in [0.2, 0.25) is 0 Å². The van der Waals surface area contributed by atoms with E-state index in [0.29, 0.717) is 0 Å². The molecule has 0 atom stereocenters. The van der Waals surface area contributed by atoms with Crippen LogP contribution in [0.5, 0.6) is 0 Å². The minimum Gasteiger partial charge on any atom is -0.275 e. The lowest BCUT2D eigenvalue weighted by atomic mass is 9.96. The molecule has 1 heterocycles. The summed E-state index contributed by atoms with van der Waals surface area (Å²) in [5.41, 5.74) is 5.18. The molecule has 0 N–H and O–H groups in total. The van der Waals surface area contributed by atoms with Crippen molar-refractivity contribution in [3.63, 3.8) is 0 Å². The summed E-state index contributed by atoms with van der Waals surface area (Å²) >= 11 is 0. The lowest BCUT2D eigenvalue weighted by Crippen LogP contribution is -1.90. The van der Waals surface area contributed by atoms with Crippen molar-refractivity contribution in [1.82, 2.24) is 9.78 Å². The molecule has 1 aliphatic carbocycles. The minimum atomic E-state index is 1.12. The maximum atomic E-state index is 4.36. The van der Waals surface area contributed by atoms with Gasteiger partial charge >= 0.3 is 0 Å². The highest BCUT2D eigenvalue weighted by molar-refractivity contribution is 5.76. The summed E-state index contributed by atoms with van der Waals surface area (Å²) in [7, 11) is 1.97. The second-order valence-corrected chi connectivity index (χ2v) is 3.99. The summed E-state index contributed by atoms with van der Waals surface area (Å²) in [5, 5.41) is 4.36. The molecule has 0 bridgehead atoms. The van der Waals surface area contributed by atoms with Crippen molar-refractivity contribution in [3.8, 4) is 0 Å². The van der Waals surface area contributed by atoms with Gasteiger partial charge in [0.15, 0.2) is 0 Å². The van der Waals surface area contributed by atoms with E-state index >= 15 is 0 Å². The van der Waals surface area contributed by atoms with Crippen LogP contribution in [0.4, 0.5) is 0 Å². The van der Waals surface area contributed by atoms with E-state index in [1.165, 1.54) is 23.1 Å². The highest BCUT2D eigenvalue weighted by atomic mass is 15.2. The van der Waals surface area contributed by atoms with Gasteiger partial charge in [0.1, 0.15) is 0 Å². The fourth-order valence-corrected chi connectivity index (χ4v) is 1.92. The molecule has 0 radical (unpaired) electrons. The third kappa shape index (κ3) is 1.65. The standard InChI is InChI=1S/C12H16N2/c1-9-5-4-6-11(7-9)12-8-14(3)13-10(12)2/h6-8H,4-5H2,1-3H3. The second-order valence-electron chi connectivity index (χ2n) is 3.99. The third-order valence-corrected chi connectivity index (χ3v) is 2.63. The second kappa shape index (κ2) is 3.45. The predicted molar refractivity (Wildman–Crippen MR) is 58.9 cm³/mol. The first-order chi connectivity index (χ1) is 6.66. The molecule has 74 valence electrons. The summed E-state index contributed by atoms with van der Waals surface area (Å²) in [5.74, 6) is 0. The Labute approximate surface area is 84.9 Å². The van der Waals surface area contributed by atoms with E-state index in [9.17, 15) is 0 Å². The van der Waals surface area contributed by atoms with Gasteiger partial charge in [-0.3, -0.25) is 4.68 Å². The molecule has 2 heteroatoms. The van der Waals surface area contributed by atoms with Crippen molar-refractivity contribution >= 4 is 5.57 Å². The zero-order chi connectivity index (χ0) is 10.1. The van der Waals surface area contributed by atoms with Crippen LogP contribution in [0.3, 0.4) is 0 Å². The number of nitrogens with zero attached hydrogens (tertiary/aromatic N) is 2. The van der Waals surface area contributed by atoms with E-state index in [4.69, 9.17) is 0 Å². The number of allylic oxidation sites excluding steroid dienone is 4. The molecule has 0 aromatic carbocycles. The Bertz CT molecular complexity index is 408. The van der Waals surface area contributed by atoms with Crippen LogP contribution in [0.25, 0.3) is 5.57 Å². The van der Waals surface area contributed by atoms with Gasteiger partial charge in [-0.05, 0) is 32.3 Å². The van der Waals surface area contributed by atoms with E-state index in [1.807, 2.05) is 11.7 Å². The summed E-state index contributed by atoms with van der Waals surface area (Å²) < 4.78 is 1.88. The smallest absolute Gasteiger partial charge is 0.0671 e.